The van der Waals surface area contributed by atoms with Crippen molar-refractivity contribution in [3.05, 3.63) is 36.4 Å². The van der Waals surface area contributed by atoms with Gasteiger partial charge in [-0.15, -0.1) is 0 Å². The molecular weight excluding hydrogens is 292 g/mol. The zero-order chi connectivity index (χ0) is 16.4. The molecule has 2 N–H and O–H groups in total. The zero-order valence-electron chi connectivity index (χ0n) is 13.5. The number of carbonyl (C=O) groups excluding carboxylic acids is 1. The summed E-state index contributed by atoms with van der Waals surface area (Å²) in [5.74, 6) is 1.27. The fourth-order valence-electron chi connectivity index (χ4n) is 2.62. The zero-order valence-corrected chi connectivity index (χ0v) is 13.5. The van der Waals surface area contributed by atoms with Crippen LogP contribution in [0.5, 0.6) is 0 Å². The Morgan fingerprint density at radius 3 is 2.91 bits per heavy atom. The number of benzene rings is 1. The minimum Gasteiger partial charge on any atom is -0.361 e. The number of H-pyrrole nitrogens is 1. The summed E-state index contributed by atoms with van der Waals surface area (Å²) in [6.07, 6.45) is 2.64. The third-order valence-electron chi connectivity index (χ3n) is 3.64. The molecular formula is C17H20N4O2. The first-order chi connectivity index (χ1) is 11.0. The van der Waals surface area contributed by atoms with Crippen molar-refractivity contribution in [1.82, 2.24) is 20.4 Å². The van der Waals surface area contributed by atoms with Gasteiger partial charge in [0.1, 0.15) is 6.04 Å². The van der Waals surface area contributed by atoms with Crippen molar-refractivity contribution in [2.24, 2.45) is 5.92 Å². The number of aromatic nitrogens is 3. The van der Waals surface area contributed by atoms with Gasteiger partial charge in [0.15, 0.2) is 0 Å². The van der Waals surface area contributed by atoms with E-state index in [1.54, 1.807) is 0 Å². The Labute approximate surface area is 134 Å². The molecule has 0 aliphatic rings. The number of hydrogen-bond donors (Lipinski definition) is 2. The molecule has 23 heavy (non-hydrogen) atoms. The lowest BCUT2D eigenvalue weighted by molar-refractivity contribution is -0.120. The summed E-state index contributed by atoms with van der Waals surface area (Å²) in [5.41, 5.74) is 1.95. The Morgan fingerprint density at radius 1 is 1.35 bits per heavy atom. The van der Waals surface area contributed by atoms with Crippen LogP contribution in [0.3, 0.4) is 0 Å². The van der Waals surface area contributed by atoms with Gasteiger partial charge in [-0.1, -0.05) is 19.0 Å². The molecule has 3 rings (SSSR count). The third kappa shape index (κ3) is 3.41. The maximum atomic E-state index is 11.4. The molecule has 0 saturated heterocycles. The monoisotopic (exact) mass is 312 g/mol. The topological polar surface area (TPSA) is 83.8 Å². The molecule has 0 unspecified atom stereocenters. The standard InChI is InChI=1S/C17H20N4O2/c1-10(2)8-15(19-11(3)22)17-20-16(21-23-17)13-4-5-14-12(9-13)6-7-18-14/h4-7,9-10,15,18H,8H2,1-3H3,(H,19,22)/t15-/m0/s1. The fourth-order valence-corrected chi connectivity index (χ4v) is 2.62. The van der Waals surface area contributed by atoms with Crippen LogP contribution in [-0.2, 0) is 4.79 Å². The first-order valence-corrected chi connectivity index (χ1v) is 7.71. The van der Waals surface area contributed by atoms with E-state index in [0.29, 0.717) is 17.6 Å². The Kier molecular flexibility index (Phi) is 4.14. The van der Waals surface area contributed by atoms with Gasteiger partial charge in [0, 0.05) is 29.6 Å². The second-order valence-electron chi connectivity index (χ2n) is 6.12. The smallest absolute Gasteiger partial charge is 0.249 e. The molecule has 0 aliphatic carbocycles. The van der Waals surface area contributed by atoms with Crippen molar-refractivity contribution in [1.29, 1.82) is 0 Å². The summed E-state index contributed by atoms with van der Waals surface area (Å²) in [5, 5.41) is 8.04. The average Bonchev–Trinajstić information content (AvgIpc) is 3.14. The molecule has 2 heterocycles. The molecule has 6 heteroatoms. The predicted octanol–water partition coefficient (Wildman–Crippen LogP) is 3.44. The van der Waals surface area contributed by atoms with Crippen LogP contribution in [0.4, 0.5) is 0 Å². The van der Waals surface area contributed by atoms with Gasteiger partial charge in [-0.25, -0.2) is 0 Å². The normalized spacial score (nSPS) is 12.7. The predicted molar refractivity (Wildman–Crippen MR) is 87.6 cm³/mol. The molecule has 1 atom stereocenters. The Bertz CT molecular complexity index is 819. The summed E-state index contributed by atoms with van der Waals surface area (Å²) in [6.45, 7) is 5.67. The lowest BCUT2D eigenvalue weighted by atomic mass is 10.0. The van der Waals surface area contributed by atoms with Gasteiger partial charge in [-0.2, -0.15) is 4.98 Å². The lowest BCUT2D eigenvalue weighted by Gasteiger charge is -2.15. The van der Waals surface area contributed by atoms with Crippen LogP contribution < -0.4 is 5.32 Å². The van der Waals surface area contributed by atoms with Gasteiger partial charge in [-0.3, -0.25) is 4.79 Å². The van der Waals surface area contributed by atoms with E-state index in [2.05, 4.69) is 34.3 Å². The van der Waals surface area contributed by atoms with Gasteiger partial charge < -0.3 is 14.8 Å². The maximum absolute atomic E-state index is 11.4. The van der Waals surface area contributed by atoms with E-state index in [4.69, 9.17) is 4.52 Å². The van der Waals surface area contributed by atoms with Crippen molar-refractivity contribution in [3.63, 3.8) is 0 Å². The summed E-state index contributed by atoms with van der Waals surface area (Å²) < 4.78 is 5.39. The maximum Gasteiger partial charge on any atom is 0.249 e. The van der Waals surface area contributed by atoms with E-state index in [1.807, 2.05) is 30.5 Å². The van der Waals surface area contributed by atoms with Gasteiger partial charge in [-0.05, 0) is 36.6 Å². The first-order valence-electron chi connectivity index (χ1n) is 7.71. The number of nitrogens with one attached hydrogen (secondary N) is 2. The van der Waals surface area contributed by atoms with E-state index < -0.39 is 0 Å². The molecule has 0 aliphatic heterocycles. The van der Waals surface area contributed by atoms with Crippen molar-refractivity contribution in [2.45, 2.75) is 33.2 Å². The first kappa shape index (κ1) is 15.3. The number of aromatic amines is 1. The minimum atomic E-state index is -0.260. The van der Waals surface area contributed by atoms with E-state index >= 15 is 0 Å². The summed E-state index contributed by atoms with van der Waals surface area (Å²) in [7, 11) is 0. The Balaban J connectivity index is 1.89. The number of amides is 1. The average molecular weight is 312 g/mol. The molecule has 0 bridgehead atoms. The molecule has 0 fully saturated rings. The second-order valence-corrected chi connectivity index (χ2v) is 6.12. The molecule has 6 nitrogen and oxygen atoms in total. The van der Waals surface area contributed by atoms with Crippen LogP contribution in [0.1, 0.15) is 39.1 Å². The molecule has 120 valence electrons. The lowest BCUT2D eigenvalue weighted by Crippen LogP contribution is -2.27. The fraction of sp³-hybridized carbons (Fsp3) is 0.353. The highest BCUT2D eigenvalue weighted by Crippen LogP contribution is 2.25. The number of carbonyl (C=O) groups is 1. The van der Waals surface area contributed by atoms with Crippen molar-refractivity contribution in [3.8, 4) is 11.4 Å². The van der Waals surface area contributed by atoms with E-state index in [1.165, 1.54) is 6.92 Å². The Morgan fingerprint density at radius 2 is 2.17 bits per heavy atom. The minimum absolute atomic E-state index is 0.107. The van der Waals surface area contributed by atoms with Crippen LogP contribution in [-0.4, -0.2) is 21.0 Å². The van der Waals surface area contributed by atoms with Crippen molar-refractivity contribution < 1.29 is 9.32 Å². The summed E-state index contributed by atoms with van der Waals surface area (Å²) in [4.78, 5) is 19.0. The van der Waals surface area contributed by atoms with E-state index in [-0.39, 0.29) is 11.9 Å². The SMILES string of the molecule is CC(=O)N[C@@H](CC(C)C)c1nc(-c2ccc3[nH]ccc3c2)no1. The van der Waals surface area contributed by atoms with Crippen LogP contribution in [0.2, 0.25) is 0 Å². The molecule has 0 radical (unpaired) electrons. The number of nitrogens with zero attached hydrogens (tertiary/aromatic N) is 2. The molecule has 0 saturated carbocycles. The quantitative estimate of drug-likeness (QED) is 0.756. The van der Waals surface area contributed by atoms with Gasteiger partial charge >= 0.3 is 0 Å². The summed E-state index contributed by atoms with van der Waals surface area (Å²) in [6, 6.07) is 7.68. The van der Waals surface area contributed by atoms with Crippen LogP contribution in [0.15, 0.2) is 35.0 Å². The highest BCUT2D eigenvalue weighted by Gasteiger charge is 2.21. The number of rotatable bonds is 5. The largest absolute Gasteiger partial charge is 0.361 e. The highest BCUT2D eigenvalue weighted by molar-refractivity contribution is 5.83. The van der Waals surface area contributed by atoms with Gasteiger partial charge in [0.2, 0.25) is 17.6 Å². The molecule has 3 aromatic rings. The second kappa shape index (κ2) is 6.24. The number of hydrogen-bond acceptors (Lipinski definition) is 4. The van der Waals surface area contributed by atoms with E-state index in [0.717, 1.165) is 22.9 Å². The van der Waals surface area contributed by atoms with Gasteiger partial charge in [0.25, 0.3) is 0 Å². The molecule has 1 amide bonds. The molecule has 1 aromatic carbocycles. The van der Waals surface area contributed by atoms with Crippen LogP contribution >= 0.6 is 0 Å². The summed E-state index contributed by atoms with van der Waals surface area (Å²) >= 11 is 0. The van der Waals surface area contributed by atoms with Crippen LogP contribution in [0, 0.1) is 5.92 Å². The van der Waals surface area contributed by atoms with E-state index in [9.17, 15) is 4.79 Å². The van der Waals surface area contributed by atoms with Crippen molar-refractivity contribution >= 4 is 16.8 Å². The molecule has 0 spiro atoms. The van der Waals surface area contributed by atoms with Crippen LogP contribution in [0.25, 0.3) is 22.3 Å². The third-order valence-corrected chi connectivity index (χ3v) is 3.64. The molecule has 2 aromatic heterocycles. The van der Waals surface area contributed by atoms with Gasteiger partial charge in [0.05, 0.1) is 0 Å². The van der Waals surface area contributed by atoms with Crippen molar-refractivity contribution in [2.75, 3.05) is 0 Å². The Hall–Kier alpha value is -2.63. The number of fused-ring (bicyclic) bond motifs is 1. The highest BCUT2D eigenvalue weighted by atomic mass is 16.5.